The van der Waals surface area contributed by atoms with Crippen LogP contribution in [0.4, 0.5) is 4.39 Å². The van der Waals surface area contributed by atoms with Gasteiger partial charge in [-0.25, -0.2) is 9.18 Å². The predicted molar refractivity (Wildman–Crippen MR) is 57.1 cm³/mol. The third-order valence-corrected chi connectivity index (χ3v) is 3.38. The van der Waals surface area contributed by atoms with E-state index in [1.54, 1.807) is 12.1 Å². The van der Waals surface area contributed by atoms with Crippen molar-refractivity contribution in [2.24, 2.45) is 11.7 Å². The van der Waals surface area contributed by atoms with Gasteiger partial charge in [0, 0.05) is 0 Å². The summed E-state index contributed by atoms with van der Waals surface area (Å²) in [5, 5.41) is 0. The summed E-state index contributed by atoms with van der Waals surface area (Å²) in [6.45, 7) is 1.83. The number of hydrogen-bond donors (Lipinski definition) is 1. The molecule has 0 saturated carbocycles. The van der Waals surface area contributed by atoms with Crippen LogP contribution in [0.3, 0.4) is 0 Å². The van der Waals surface area contributed by atoms with Gasteiger partial charge in [-0.2, -0.15) is 0 Å². The van der Waals surface area contributed by atoms with Crippen molar-refractivity contribution >= 4 is 5.97 Å². The zero-order valence-electron chi connectivity index (χ0n) is 9.29. The van der Waals surface area contributed by atoms with Crippen LogP contribution in [0.25, 0.3) is 0 Å². The molecule has 0 saturated heterocycles. The number of benzene rings is 1. The zero-order chi connectivity index (χ0) is 11.9. The van der Waals surface area contributed by atoms with Gasteiger partial charge in [-0.3, -0.25) is 0 Å². The molecule has 86 valence electrons. The van der Waals surface area contributed by atoms with Gasteiger partial charge in [0.25, 0.3) is 0 Å². The van der Waals surface area contributed by atoms with Gasteiger partial charge in [-0.15, -0.1) is 0 Å². The SMILES string of the molecule is COC(=O)C1(N)c2cccc(F)c2CC1C. The Morgan fingerprint density at radius 1 is 1.62 bits per heavy atom. The molecule has 0 aromatic heterocycles. The van der Waals surface area contributed by atoms with Gasteiger partial charge in [0.15, 0.2) is 0 Å². The lowest BCUT2D eigenvalue weighted by atomic mass is 9.86. The van der Waals surface area contributed by atoms with Gasteiger partial charge in [0.1, 0.15) is 11.4 Å². The van der Waals surface area contributed by atoms with E-state index < -0.39 is 11.5 Å². The van der Waals surface area contributed by atoms with E-state index in [1.165, 1.54) is 13.2 Å². The second kappa shape index (κ2) is 3.56. The van der Waals surface area contributed by atoms with Crippen LogP contribution in [0.15, 0.2) is 18.2 Å². The van der Waals surface area contributed by atoms with Crippen molar-refractivity contribution in [3.05, 3.63) is 35.1 Å². The number of carbonyl (C=O) groups excluding carboxylic acids is 1. The zero-order valence-corrected chi connectivity index (χ0v) is 9.29. The van der Waals surface area contributed by atoms with Crippen LogP contribution >= 0.6 is 0 Å². The van der Waals surface area contributed by atoms with E-state index in [0.29, 0.717) is 17.5 Å². The topological polar surface area (TPSA) is 52.3 Å². The molecule has 4 heteroatoms. The average Bonchev–Trinajstić information content (AvgIpc) is 2.54. The molecule has 2 rings (SSSR count). The van der Waals surface area contributed by atoms with Crippen LogP contribution in [0.5, 0.6) is 0 Å². The Hall–Kier alpha value is -1.42. The summed E-state index contributed by atoms with van der Waals surface area (Å²) < 4.78 is 18.3. The minimum atomic E-state index is -1.22. The van der Waals surface area contributed by atoms with Crippen LogP contribution < -0.4 is 5.73 Å². The van der Waals surface area contributed by atoms with Gasteiger partial charge in [0.05, 0.1) is 7.11 Å². The Labute approximate surface area is 93.4 Å². The molecule has 16 heavy (non-hydrogen) atoms. The van der Waals surface area contributed by atoms with E-state index in [2.05, 4.69) is 0 Å². The average molecular weight is 223 g/mol. The fourth-order valence-corrected chi connectivity index (χ4v) is 2.37. The molecular formula is C12H14FNO2. The summed E-state index contributed by atoms with van der Waals surface area (Å²) in [6, 6.07) is 4.64. The van der Waals surface area contributed by atoms with Crippen LogP contribution in [-0.2, 0) is 21.5 Å². The van der Waals surface area contributed by atoms with Crippen LogP contribution in [0.1, 0.15) is 18.1 Å². The fourth-order valence-electron chi connectivity index (χ4n) is 2.37. The molecule has 2 unspecified atom stereocenters. The fraction of sp³-hybridized carbons (Fsp3) is 0.417. The van der Waals surface area contributed by atoms with Crippen molar-refractivity contribution in [3.8, 4) is 0 Å². The summed E-state index contributed by atoms with van der Waals surface area (Å²) in [4.78, 5) is 11.8. The van der Waals surface area contributed by atoms with Gasteiger partial charge >= 0.3 is 5.97 Å². The van der Waals surface area contributed by atoms with E-state index >= 15 is 0 Å². The van der Waals surface area contributed by atoms with Gasteiger partial charge in [0.2, 0.25) is 0 Å². The number of nitrogens with two attached hydrogens (primary N) is 1. The first-order chi connectivity index (χ1) is 7.51. The number of fused-ring (bicyclic) bond motifs is 1. The van der Waals surface area contributed by atoms with Gasteiger partial charge in [-0.05, 0) is 29.5 Å². The van der Waals surface area contributed by atoms with Gasteiger partial charge < -0.3 is 10.5 Å². The maximum Gasteiger partial charge on any atom is 0.330 e. The number of halogens is 1. The van der Waals surface area contributed by atoms with Crippen molar-refractivity contribution in [1.29, 1.82) is 0 Å². The highest BCUT2D eigenvalue weighted by atomic mass is 19.1. The summed E-state index contributed by atoms with van der Waals surface area (Å²) in [5.41, 5.74) is 5.96. The minimum absolute atomic E-state index is 0.160. The van der Waals surface area contributed by atoms with Crippen LogP contribution in [0.2, 0.25) is 0 Å². The Morgan fingerprint density at radius 2 is 2.31 bits per heavy atom. The van der Waals surface area contributed by atoms with E-state index in [-0.39, 0.29) is 11.7 Å². The molecule has 1 aromatic carbocycles. The highest BCUT2D eigenvalue weighted by Gasteiger charge is 2.49. The van der Waals surface area contributed by atoms with E-state index in [4.69, 9.17) is 10.5 Å². The molecule has 1 aliphatic rings. The standard InChI is InChI=1S/C12H14FNO2/c1-7-6-8-9(4-3-5-10(8)13)12(7,14)11(15)16-2/h3-5,7H,6,14H2,1-2H3. The lowest BCUT2D eigenvalue weighted by Crippen LogP contribution is -2.48. The van der Waals surface area contributed by atoms with Crippen molar-refractivity contribution in [2.75, 3.05) is 7.11 Å². The highest BCUT2D eigenvalue weighted by Crippen LogP contribution is 2.41. The molecule has 0 fully saturated rings. The van der Waals surface area contributed by atoms with Gasteiger partial charge in [-0.1, -0.05) is 19.1 Å². The van der Waals surface area contributed by atoms with E-state index in [0.717, 1.165) is 0 Å². The summed E-state index contributed by atoms with van der Waals surface area (Å²) >= 11 is 0. The third kappa shape index (κ3) is 1.26. The van der Waals surface area contributed by atoms with Crippen molar-refractivity contribution in [3.63, 3.8) is 0 Å². The van der Waals surface area contributed by atoms with E-state index in [1.807, 2.05) is 6.92 Å². The molecule has 0 spiro atoms. The first-order valence-corrected chi connectivity index (χ1v) is 5.17. The van der Waals surface area contributed by atoms with Crippen LogP contribution in [-0.4, -0.2) is 13.1 Å². The van der Waals surface area contributed by atoms with E-state index in [9.17, 15) is 9.18 Å². The first-order valence-electron chi connectivity index (χ1n) is 5.17. The maximum atomic E-state index is 13.6. The molecule has 3 nitrogen and oxygen atoms in total. The van der Waals surface area contributed by atoms with Crippen molar-refractivity contribution < 1.29 is 13.9 Å². The monoisotopic (exact) mass is 223 g/mol. The highest BCUT2D eigenvalue weighted by molar-refractivity contribution is 5.84. The summed E-state index contributed by atoms with van der Waals surface area (Å²) in [7, 11) is 1.29. The Kier molecular flexibility index (Phi) is 2.46. The Balaban J connectivity index is 2.60. The molecular weight excluding hydrogens is 209 g/mol. The molecule has 2 N–H and O–H groups in total. The van der Waals surface area contributed by atoms with Crippen molar-refractivity contribution in [1.82, 2.24) is 0 Å². The maximum absolute atomic E-state index is 13.6. The predicted octanol–water partition coefficient (Wildman–Crippen LogP) is 1.34. The smallest absolute Gasteiger partial charge is 0.330 e. The molecule has 0 amide bonds. The number of rotatable bonds is 1. The normalized spacial score (nSPS) is 27.6. The van der Waals surface area contributed by atoms with Crippen molar-refractivity contribution in [2.45, 2.75) is 18.9 Å². The lowest BCUT2D eigenvalue weighted by Gasteiger charge is -2.26. The summed E-state index contributed by atoms with van der Waals surface area (Å²) in [6.07, 6.45) is 0.466. The number of ether oxygens (including phenoxy) is 1. The Bertz CT molecular complexity index is 447. The van der Waals surface area contributed by atoms with Crippen LogP contribution in [0, 0.1) is 11.7 Å². The lowest BCUT2D eigenvalue weighted by molar-refractivity contribution is -0.149. The second-order valence-electron chi connectivity index (χ2n) is 4.23. The number of methoxy groups -OCH3 is 1. The number of carbonyl (C=O) groups is 1. The largest absolute Gasteiger partial charge is 0.467 e. The molecule has 0 bridgehead atoms. The third-order valence-electron chi connectivity index (χ3n) is 3.38. The summed E-state index contributed by atoms with van der Waals surface area (Å²) in [5.74, 6) is -0.975. The number of esters is 1. The molecule has 1 aliphatic carbocycles. The Morgan fingerprint density at radius 3 is 2.94 bits per heavy atom. The second-order valence-corrected chi connectivity index (χ2v) is 4.23. The molecule has 0 radical (unpaired) electrons. The quantitative estimate of drug-likeness (QED) is 0.731. The minimum Gasteiger partial charge on any atom is -0.467 e. The molecule has 2 atom stereocenters. The number of hydrogen-bond acceptors (Lipinski definition) is 3. The molecule has 1 aromatic rings. The molecule has 0 aliphatic heterocycles. The first kappa shape index (κ1) is 11.1. The molecule has 0 heterocycles.